The van der Waals surface area contributed by atoms with Gasteiger partial charge in [-0.05, 0) is 25.1 Å². The number of rotatable bonds is 3. The van der Waals surface area contributed by atoms with Crippen LogP contribution in [0.5, 0.6) is 5.75 Å². The fourth-order valence-electron chi connectivity index (χ4n) is 1.37. The molecule has 0 atom stereocenters. The van der Waals surface area contributed by atoms with Crippen LogP contribution < -0.4 is 4.72 Å². The third-order valence-electron chi connectivity index (χ3n) is 2.17. The van der Waals surface area contributed by atoms with Gasteiger partial charge in [-0.1, -0.05) is 34.5 Å². The number of phenols is 1. The molecule has 2 N–H and O–H groups in total. The quantitative estimate of drug-likeness (QED) is 0.841. The second-order valence-corrected chi connectivity index (χ2v) is 7.48. The van der Waals surface area contributed by atoms with Gasteiger partial charge in [-0.25, -0.2) is 13.4 Å². The highest BCUT2D eigenvalue weighted by Gasteiger charge is 2.21. The lowest BCUT2D eigenvalue weighted by Crippen LogP contribution is -2.12. The van der Waals surface area contributed by atoms with Crippen LogP contribution in [-0.2, 0) is 10.0 Å². The van der Waals surface area contributed by atoms with Crippen LogP contribution in [0.4, 0.5) is 5.69 Å². The molecule has 2 rings (SSSR count). The summed E-state index contributed by atoms with van der Waals surface area (Å²) in [5, 5.41) is 9.33. The van der Waals surface area contributed by atoms with Crippen LogP contribution in [0.15, 0.2) is 22.4 Å². The highest BCUT2D eigenvalue weighted by Crippen LogP contribution is 2.30. The number of nitrogens with one attached hydrogen (secondary N) is 1. The van der Waals surface area contributed by atoms with Crippen molar-refractivity contribution in [2.24, 2.45) is 0 Å². The van der Waals surface area contributed by atoms with Crippen LogP contribution in [0.3, 0.4) is 0 Å². The number of benzene rings is 1. The Morgan fingerprint density at radius 1 is 1.37 bits per heavy atom. The summed E-state index contributed by atoms with van der Waals surface area (Å²) >= 11 is 12.3. The summed E-state index contributed by atoms with van der Waals surface area (Å²) in [6.07, 6.45) is 0. The van der Waals surface area contributed by atoms with E-state index in [1.165, 1.54) is 18.2 Å². The van der Waals surface area contributed by atoms with Crippen LogP contribution in [0.1, 0.15) is 5.69 Å². The Hall–Kier alpha value is -1.02. The van der Waals surface area contributed by atoms with Crippen LogP contribution in [-0.4, -0.2) is 18.5 Å². The predicted molar refractivity (Wildman–Crippen MR) is 75.8 cm³/mol. The molecule has 0 amide bonds. The van der Waals surface area contributed by atoms with Crippen molar-refractivity contribution in [2.75, 3.05) is 4.72 Å². The summed E-state index contributed by atoms with van der Waals surface area (Å²) in [5.74, 6) is -0.123. The van der Waals surface area contributed by atoms with Crippen LogP contribution in [0.25, 0.3) is 0 Å². The van der Waals surface area contributed by atoms with Gasteiger partial charge in [0.05, 0.1) is 16.4 Å². The lowest BCUT2D eigenvalue weighted by Gasteiger charge is -2.07. The van der Waals surface area contributed by atoms with E-state index in [0.29, 0.717) is 5.69 Å². The van der Waals surface area contributed by atoms with Gasteiger partial charge in [-0.3, -0.25) is 4.72 Å². The summed E-state index contributed by atoms with van der Waals surface area (Å²) in [6, 6.07) is 4.01. The zero-order valence-corrected chi connectivity index (χ0v) is 12.7. The second kappa shape index (κ2) is 5.16. The molecule has 0 radical (unpaired) electrons. The van der Waals surface area contributed by atoms with Gasteiger partial charge in [-0.15, -0.1) is 0 Å². The van der Waals surface area contributed by atoms with E-state index >= 15 is 0 Å². The SMILES string of the molecule is Cc1nc(Cl)sc1S(=O)(=O)Nc1ccc(O)c(Cl)c1. The molecule has 0 saturated heterocycles. The fraction of sp³-hybridized carbons (Fsp3) is 0.100. The number of halogens is 2. The predicted octanol–water partition coefficient (Wildman–Crippen LogP) is 3.26. The Balaban J connectivity index is 2.36. The number of aryl methyl sites for hydroxylation is 1. The average Bonchev–Trinajstić information content (AvgIpc) is 2.63. The van der Waals surface area contributed by atoms with Crippen molar-refractivity contribution in [3.63, 3.8) is 0 Å². The zero-order chi connectivity index (χ0) is 14.2. The van der Waals surface area contributed by atoms with Gasteiger partial charge in [-0.2, -0.15) is 0 Å². The molecular weight excluding hydrogens is 331 g/mol. The van der Waals surface area contributed by atoms with Crippen molar-refractivity contribution in [1.29, 1.82) is 0 Å². The molecule has 5 nitrogen and oxygen atoms in total. The maximum atomic E-state index is 12.1. The van der Waals surface area contributed by atoms with Gasteiger partial charge in [0, 0.05) is 0 Å². The number of thiazole rings is 1. The van der Waals surface area contributed by atoms with Crippen molar-refractivity contribution in [3.8, 4) is 5.75 Å². The van der Waals surface area contributed by atoms with Crippen LogP contribution in [0, 0.1) is 6.92 Å². The first-order valence-corrected chi connectivity index (χ1v) is 7.99. The standard InChI is InChI=1S/C10H8Cl2N2O3S2/c1-5-9(18-10(12)13-5)19(16,17)14-6-2-3-8(15)7(11)4-6/h2-4,14-15H,1H3. The van der Waals surface area contributed by atoms with E-state index < -0.39 is 10.0 Å². The molecule has 0 unspecified atom stereocenters. The van der Waals surface area contributed by atoms with E-state index in [1.807, 2.05) is 0 Å². The highest BCUT2D eigenvalue weighted by atomic mass is 35.5. The third-order valence-corrected chi connectivity index (χ3v) is 5.73. The number of sulfonamides is 1. The number of aromatic nitrogens is 1. The minimum absolute atomic E-state index is 0.0432. The molecule has 1 aromatic heterocycles. The fourth-order valence-corrected chi connectivity index (χ4v) is 4.34. The Labute approximate surface area is 123 Å². The molecule has 19 heavy (non-hydrogen) atoms. The minimum atomic E-state index is -3.77. The van der Waals surface area contributed by atoms with E-state index in [-0.39, 0.29) is 25.1 Å². The smallest absolute Gasteiger partial charge is 0.273 e. The number of hydrogen-bond donors (Lipinski definition) is 2. The molecular formula is C10H8Cl2N2O3S2. The van der Waals surface area contributed by atoms with Gasteiger partial charge in [0.25, 0.3) is 10.0 Å². The number of anilines is 1. The molecule has 0 aliphatic rings. The molecule has 9 heteroatoms. The van der Waals surface area contributed by atoms with Gasteiger partial charge in [0.1, 0.15) is 5.75 Å². The van der Waals surface area contributed by atoms with Crippen molar-refractivity contribution in [1.82, 2.24) is 4.98 Å². The van der Waals surface area contributed by atoms with Crippen LogP contribution >= 0.6 is 34.5 Å². The van der Waals surface area contributed by atoms with Crippen LogP contribution in [0.2, 0.25) is 9.49 Å². The Morgan fingerprint density at radius 2 is 2.05 bits per heavy atom. The molecule has 2 aromatic rings. The maximum Gasteiger partial charge on any atom is 0.273 e. The lowest BCUT2D eigenvalue weighted by molar-refractivity contribution is 0.475. The van der Waals surface area contributed by atoms with Gasteiger partial charge >= 0.3 is 0 Å². The second-order valence-electron chi connectivity index (χ2n) is 3.61. The summed E-state index contributed by atoms with van der Waals surface area (Å²) in [4.78, 5) is 3.85. The van der Waals surface area contributed by atoms with Crippen molar-refractivity contribution < 1.29 is 13.5 Å². The zero-order valence-electron chi connectivity index (χ0n) is 9.52. The molecule has 0 saturated carbocycles. The summed E-state index contributed by atoms with van der Waals surface area (Å²) in [6.45, 7) is 1.56. The molecule has 1 aromatic carbocycles. The lowest BCUT2D eigenvalue weighted by atomic mass is 10.3. The number of phenolic OH excluding ortho intramolecular Hbond substituents is 1. The van der Waals surface area contributed by atoms with Gasteiger partial charge in [0.15, 0.2) is 8.68 Å². The Bertz CT molecular complexity index is 728. The monoisotopic (exact) mass is 338 g/mol. The molecule has 0 spiro atoms. The van der Waals surface area contributed by atoms with E-state index in [0.717, 1.165) is 11.3 Å². The Kier molecular flexibility index (Phi) is 3.91. The summed E-state index contributed by atoms with van der Waals surface area (Å²) < 4.78 is 26.8. The average molecular weight is 339 g/mol. The highest BCUT2D eigenvalue weighted by molar-refractivity contribution is 7.94. The largest absolute Gasteiger partial charge is 0.506 e. The number of aromatic hydroxyl groups is 1. The summed E-state index contributed by atoms with van der Waals surface area (Å²) in [5.41, 5.74) is 0.569. The first-order valence-electron chi connectivity index (χ1n) is 4.94. The van der Waals surface area contributed by atoms with E-state index in [2.05, 4.69) is 9.71 Å². The maximum absolute atomic E-state index is 12.1. The van der Waals surface area contributed by atoms with Gasteiger partial charge in [0.2, 0.25) is 0 Å². The molecule has 0 fully saturated rings. The molecule has 0 bridgehead atoms. The third kappa shape index (κ3) is 3.11. The van der Waals surface area contributed by atoms with E-state index in [1.54, 1.807) is 6.92 Å². The first-order chi connectivity index (χ1) is 8.79. The normalized spacial score (nSPS) is 11.5. The summed E-state index contributed by atoms with van der Waals surface area (Å²) in [7, 11) is -3.77. The molecule has 0 aliphatic carbocycles. The molecule has 0 aliphatic heterocycles. The first kappa shape index (κ1) is 14.4. The minimum Gasteiger partial charge on any atom is -0.506 e. The number of hydrogen-bond acceptors (Lipinski definition) is 5. The topological polar surface area (TPSA) is 79.3 Å². The van der Waals surface area contributed by atoms with Crippen molar-refractivity contribution >= 4 is 50.2 Å². The van der Waals surface area contributed by atoms with E-state index in [4.69, 9.17) is 23.2 Å². The Morgan fingerprint density at radius 3 is 2.58 bits per heavy atom. The van der Waals surface area contributed by atoms with Crippen molar-refractivity contribution in [2.45, 2.75) is 11.1 Å². The molecule has 102 valence electrons. The number of nitrogens with zero attached hydrogens (tertiary/aromatic N) is 1. The molecule has 1 heterocycles. The van der Waals surface area contributed by atoms with Crippen molar-refractivity contribution in [3.05, 3.63) is 33.4 Å². The van der Waals surface area contributed by atoms with Gasteiger partial charge < -0.3 is 5.11 Å². The van der Waals surface area contributed by atoms with E-state index in [9.17, 15) is 13.5 Å².